The average Bonchev–Trinajstić information content (AvgIpc) is 3.28. The number of nitrogens with one attached hydrogen (secondary N) is 1. The van der Waals surface area contributed by atoms with Crippen molar-refractivity contribution in [1.29, 1.82) is 0 Å². The van der Waals surface area contributed by atoms with E-state index in [0.717, 1.165) is 56.3 Å². The van der Waals surface area contributed by atoms with Crippen LogP contribution in [-0.4, -0.2) is 30.0 Å². The van der Waals surface area contributed by atoms with Crippen LogP contribution in [0.25, 0.3) is 5.57 Å². The number of amides is 1. The van der Waals surface area contributed by atoms with E-state index in [-0.39, 0.29) is 28.7 Å². The Hall–Kier alpha value is -2.43. The van der Waals surface area contributed by atoms with Crippen molar-refractivity contribution in [2.75, 3.05) is 7.11 Å². The lowest BCUT2D eigenvalue weighted by Crippen LogP contribution is -2.51. The van der Waals surface area contributed by atoms with E-state index in [1.807, 2.05) is 12.4 Å². The fraction of sp³-hybridized carbons (Fsp3) is 0.667. The molecule has 4 aliphatic rings. The third-order valence-corrected chi connectivity index (χ3v) is 10.8. The molecule has 5 nitrogen and oxygen atoms in total. The van der Waals surface area contributed by atoms with Crippen LogP contribution in [0.15, 0.2) is 42.3 Å². The van der Waals surface area contributed by atoms with Gasteiger partial charge in [0.15, 0.2) is 0 Å². The van der Waals surface area contributed by atoms with E-state index < -0.39 is 0 Å². The molecule has 1 aromatic heterocycles. The van der Waals surface area contributed by atoms with Gasteiger partial charge in [0.1, 0.15) is 0 Å². The third kappa shape index (κ3) is 5.22. The number of aromatic nitrogens is 1. The standard InChI is InChI=1S/C33H46N2O3/c1-32-18-16-25(35-30(36)10-6-4-5-7-11-31(37)38-3)21-24(32)12-13-26-28-15-14-27(23-9-8-20-34-22-23)33(28,2)19-17-29(26)32/h8-9,12,14,20,22,25-26,28-29H,4-7,10-11,13,15-19,21H2,1-3H3,(H,35,36)/t25-,26+,28+,29+,32+,33-/m1/s1. The number of hydrogen-bond donors (Lipinski definition) is 1. The molecule has 0 radical (unpaired) electrons. The number of nitrogens with zero attached hydrogens (tertiary/aromatic N) is 1. The third-order valence-electron chi connectivity index (χ3n) is 10.8. The number of unbranched alkanes of at least 4 members (excludes halogenated alkanes) is 3. The number of pyridine rings is 1. The minimum Gasteiger partial charge on any atom is -0.469 e. The normalized spacial score (nSPS) is 33.8. The van der Waals surface area contributed by atoms with Gasteiger partial charge in [-0.25, -0.2) is 0 Å². The molecule has 0 unspecified atom stereocenters. The number of methoxy groups -OCH3 is 1. The van der Waals surface area contributed by atoms with Gasteiger partial charge in [0.05, 0.1) is 7.11 Å². The quantitative estimate of drug-likeness (QED) is 0.216. The molecule has 5 rings (SSSR count). The molecule has 1 N–H and O–H groups in total. The van der Waals surface area contributed by atoms with Gasteiger partial charge in [-0.05, 0) is 104 Å². The fourth-order valence-electron chi connectivity index (χ4n) is 8.63. The fourth-order valence-corrected chi connectivity index (χ4v) is 8.63. The lowest BCUT2D eigenvalue weighted by Gasteiger charge is -2.58. The van der Waals surface area contributed by atoms with Gasteiger partial charge >= 0.3 is 5.97 Å². The van der Waals surface area contributed by atoms with Crippen molar-refractivity contribution in [2.24, 2.45) is 28.6 Å². The maximum absolute atomic E-state index is 12.7. The van der Waals surface area contributed by atoms with Gasteiger partial charge in [-0.15, -0.1) is 0 Å². The van der Waals surface area contributed by atoms with Crippen LogP contribution in [-0.2, 0) is 14.3 Å². The molecular formula is C33H46N2O3. The van der Waals surface area contributed by atoms with Crippen LogP contribution in [0.5, 0.6) is 0 Å². The molecule has 206 valence electrons. The molecule has 2 fully saturated rings. The highest BCUT2D eigenvalue weighted by atomic mass is 16.5. The number of carbonyl (C=O) groups is 2. The smallest absolute Gasteiger partial charge is 0.305 e. The predicted octanol–water partition coefficient (Wildman–Crippen LogP) is 7.04. The van der Waals surface area contributed by atoms with Gasteiger partial charge in [-0.2, -0.15) is 0 Å². The van der Waals surface area contributed by atoms with Crippen molar-refractivity contribution in [2.45, 2.75) is 103 Å². The summed E-state index contributed by atoms with van der Waals surface area (Å²) in [6.07, 6.45) is 22.0. The Bertz CT molecular complexity index is 1080. The first-order chi connectivity index (χ1) is 18.3. The maximum Gasteiger partial charge on any atom is 0.305 e. The van der Waals surface area contributed by atoms with Crippen LogP contribution in [0.1, 0.15) is 103 Å². The molecule has 6 atom stereocenters. The van der Waals surface area contributed by atoms with Gasteiger partial charge in [-0.1, -0.05) is 50.5 Å². The lowest BCUT2D eigenvalue weighted by atomic mass is 9.47. The Kier molecular flexibility index (Phi) is 8.11. The molecule has 1 aromatic rings. The van der Waals surface area contributed by atoms with Crippen LogP contribution in [0.4, 0.5) is 0 Å². The molecule has 0 saturated heterocycles. The van der Waals surface area contributed by atoms with Crippen LogP contribution in [0, 0.1) is 28.6 Å². The molecule has 4 aliphatic carbocycles. The Morgan fingerprint density at radius 3 is 2.55 bits per heavy atom. The second kappa shape index (κ2) is 11.4. The van der Waals surface area contributed by atoms with Crippen LogP contribution in [0.3, 0.4) is 0 Å². The summed E-state index contributed by atoms with van der Waals surface area (Å²) in [5, 5.41) is 3.36. The number of carbonyl (C=O) groups excluding carboxylic acids is 2. The van der Waals surface area contributed by atoms with Gasteiger partial charge in [-0.3, -0.25) is 14.6 Å². The molecule has 1 amide bonds. The van der Waals surface area contributed by atoms with E-state index in [1.54, 1.807) is 5.57 Å². The monoisotopic (exact) mass is 518 g/mol. The second-order valence-electron chi connectivity index (χ2n) is 12.8. The largest absolute Gasteiger partial charge is 0.469 e. The van der Waals surface area contributed by atoms with Crippen LogP contribution in [0.2, 0.25) is 0 Å². The minimum absolute atomic E-state index is 0.146. The Morgan fingerprint density at radius 2 is 1.79 bits per heavy atom. The Morgan fingerprint density at radius 1 is 1.00 bits per heavy atom. The summed E-state index contributed by atoms with van der Waals surface area (Å²) < 4.78 is 4.69. The zero-order valence-electron chi connectivity index (χ0n) is 23.6. The molecule has 0 aromatic carbocycles. The van der Waals surface area contributed by atoms with Gasteiger partial charge in [0.2, 0.25) is 5.91 Å². The number of fused-ring (bicyclic) bond motifs is 5. The van der Waals surface area contributed by atoms with E-state index >= 15 is 0 Å². The van der Waals surface area contributed by atoms with Crippen molar-refractivity contribution < 1.29 is 14.3 Å². The van der Waals surface area contributed by atoms with Crippen LogP contribution < -0.4 is 5.32 Å². The van der Waals surface area contributed by atoms with Gasteiger partial charge < -0.3 is 10.1 Å². The number of ether oxygens (including phenoxy) is 1. The van der Waals surface area contributed by atoms with E-state index in [4.69, 9.17) is 0 Å². The first kappa shape index (κ1) is 27.1. The van der Waals surface area contributed by atoms with Gasteiger partial charge in [0, 0.05) is 31.3 Å². The van der Waals surface area contributed by atoms with E-state index in [9.17, 15) is 9.59 Å². The highest BCUT2D eigenvalue weighted by Gasteiger charge is 2.56. The van der Waals surface area contributed by atoms with Gasteiger partial charge in [0.25, 0.3) is 0 Å². The Labute approximate surface area is 228 Å². The molecule has 1 heterocycles. The summed E-state index contributed by atoms with van der Waals surface area (Å²) in [5.74, 6) is 2.26. The van der Waals surface area contributed by atoms with E-state index in [2.05, 4.69) is 53.2 Å². The second-order valence-corrected chi connectivity index (χ2v) is 12.8. The summed E-state index contributed by atoms with van der Waals surface area (Å²) in [6, 6.07) is 4.58. The lowest BCUT2D eigenvalue weighted by molar-refractivity contribution is -0.140. The van der Waals surface area contributed by atoms with Crippen molar-refractivity contribution in [3.05, 3.63) is 47.8 Å². The first-order valence-corrected chi connectivity index (χ1v) is 15.0. The zero-order valence-corrected chi connectivity index (χ0v) is 23.6. The molecule has 2 saturated carbocycles. The van der Waals surface area contributed by atoms with Crippen molar-refractivity contribution in [3.8, 4) is 0 Å². The number of esters is 1. The molecule has 5 heteroatoms. The van der Waals surface area contributed by atoms with Crippen LogP contribution >= 0.6 is 0 Å². The number of hydrogen-bond acceptors (Lipinski definition) is 4. The molecule has 38 heavy (non-hydrogen) atoms. The maximum atomic E-state index is 12.7. The predicted molar refractivity (Wildman–Crippen MR) is 151 cm³/mol. The number of rotatable bonds is 9. The number of allylic oxidation sites excluding steroid dienone is 3. The zero-order chi connectivity index (χ0) is 26.8. The van der Waals surface area contributed by atoms with E-state index in [0.29, 0.717) is 12.8 Å². The minimum atomic E-state index is -0.146. The Balaban J connectivity index is 1.15. The highest BCUT2D eigenvalue weighted by molar-refractivity contribution is 5.76. The van der Waals surface area contributed by atoms with Crippen molar-refractivity contribution in [1.82, 2.24) is 10.3 Å². The summed E-state index contributed by atoms with van der Waals surface area (Å²) in [7, 11) is 1.43. The first-order valence-electron chi connectivity index (χ1n) is 15.0. The SMILES string of the molecule is COC(=O)CCCCCCC(=O)N[C@@H]1CC[C@@]2(C)C(=CC[C@@H]3[C@@H]2CC[C@]2(C)C(c4cccnc4)=CC[C@@H]32)C1. The molecular weight excluding hydrogens is 472 g/mol. The average molecular weight is 519 g/mol. The summed E-state index contributed by atoms with van der Waals surface area (Å²) >= 11 is 0. The van der Waals surface area contributed by atoms with E-state index in [1.165, 1.54) is 50.4 Å². The summed E-state index contributed by atoms with van der Waals surface area (Å²) in [6.45, 7) is 5.06. The topological polar surface area (TPSA) is 68.3 Å². The summed E-state index contributed by atoms with van der Waals surface area (Å²) in [4.78, 5) is 28.3. The summed E-state index contributed by atoms with van der Waals surface area (Å²) in [5.41, 5.74) is 4.99. The van der Waals surface area contributed by atoms with Crippen molar-refractivity contribution in [3.63, 3.8) is 0 Å². The highest BCUT2D eigenvalue weighted by Crippen LogP contribution is 2.66. The molecule has 0 bridgehead atoms. The molecule has 0 aliphatic heterocycles. The van der Waals surface area contributed by atoms with Crippen molar-refractivity contribution >= 4 is 17.4 Å². The molecule has 0 spiro atoms.